The van der Waals surface area contributed by atoms with Gasteiger partial charge >= 0.3 is 0 Å². The van der Waals surface area contributed by atoms with Crippen LogP contribution in [-0.4, -0.2) is 55.7 Å². The predicted octanol–water partition coefficient (Wildman–Crippen LogP) is -0.687. The van der Waals surface area contributed by atoms with E-state index in [-0.39, 0.29) is 11.9 Å². The highest BCUT2D eigenvalue weighted by Gasteiger charge is 2.30. The highest BCUT2D eigenvalue weighted by Crippen LogP contribution is 2.20. The lowest BCUT2D eigenvalue weighted by Gasteiger charge is -2.22. The third kappa shape index (κ3) is 3.17. The van der Waals surface area contributed by atoms with E-state index in [2.05, 4.69) is 10.2 Å². The van der Waals surface area contributed by atoms with E-state index in [9.17, 15) is 4.79 Å². The molecule has 2 aliphatic rings. The summed E-state index contributed by atoms with van der Waals surface area (Å²) in [4.78, 5) is 13.6. The monoisotopic (exact) mass is 227 g/mol. The van der Waals surface area contributed by atoms with Crippen LogP contribution in [-0.2, 0) is 9.53 Å². The summed E-state index contributed by atoms with van der Waals surface area (Å²) in [5.41, 5.74) is 5.40. The van der Waals surface area contributed by atoms with E-state index in [0.717, 1.165) is 19.5 Å². The topological polar surface area (TPSA) is 67.6 Å². The van der Waals surface area contributed by atoms with Gasteiger partial charge in [-0.1, -0.05) is 0 Å². The van der Waals surface area contributed by atoms with Gasteiger partial charge in [0.15, 0.2) is 0 Å². The smallest absolute Gasteiger partial charge is 0.235 e. The summed E-state index contributed by atoms with van der Waals surface area (Å²) in [7, 11) is 1.74. The van der Waals surface area contributed by atoms with Crippen LogP contribution in [0, 0.1) is 0 Å². The normalized spacial score (nSPS) is 28.2. The number of ether oxygens (including phenoxy) is 1. The Kier molecular flexibility index (Phi) is 3.78. The first-order chi connectivity index (χ1) is 7.69. The molecule has 1 amide bonds. The number of likely N-dealkylation sites (tertiary alicyclic amines) is 1. The highest BCUT2D eigenvalue weighted by atomic mass is 16.5. The fourth-order valence-electron chi connectivity index (χ4n) is 2.17. The average molecular weight is 227 g/mol. The summed E-state index contributed by atoms with van der Waals surface area (Å²) in [6.45, 7) is 2.62. The van der Waals surface area contributed by atoms with Crippen LogP contribution in [0.2, 0.25) is 0 Å². The number of amides is 1. The van der Waals surface area contributed by atoms with Crippen molar-refractivity contribution < 1.29 is 9.53 Å². The summed E-state index contributed by atoms with van der Waals surface area (Å²) in [6.07, 6.45) is 3.70. The van der Waals surface area contributed by atoms with E-state index in [4.69, 9.17) is 10.5 Å². The van der Waals surface area contributed by atoms with Crippen LogP contribution in [0.25, 0.3) is 0 Å². The molecule has 0 aromatic rings. The first kappa shape index (κ1) is 11.8. The van der Waals surface area contributed by atoms with Crippen LogP contribution < -0.4 is 11.1 Å². The minimum atomic E-state index is -0.243. The summed E-state index contributed by atoms with van der Waals surface area (Å²) >= 11 is 0. The quantitative estimate of drug-likeness (QED) is 0.630. The van der Waals surface area contributed by atoms with E-state index in [1.807, 2.05) is 0 Å². The lowest BCUT2D eigenvalue weighted by molar-refractivity contribution is -0.120. The Morgan fingerprint density at radius 2 is 2.31 bits per heavy atom. The van der Waals surface area contributed by atoms with E-state index >= 15 is 0 Å². The molecule has 16 heavy (non-hydrogen) atoms. The van der Waals surface area contributed by atoms with Gasteiger partial charge in [-0.2, -0.15) is 0 Å². The molecule has 92 valence electrons. The van der Waals surface area contributed by atoms with Crippen molar-refractivity contribution in [1.29, 1.82) is 0 Å². The van der Waals surface area contributed by atoms with Gasteiger partial charge in [-0.15, -0.1) is 0 Å². The Labute approximate surface area is 96.3 Å². The maximum absolute atomic E-state index is 11.3. The van der Waals surface area contributed by atoms with Gasteiger partial charge in [0.25, 0.3) is 0 Å². The lowest BCUT2D eigenvalue weighted by atomic mass is 10.2. The van der Waals surface area contributed by atoms with Crippen molar-refractivity contribution in [2.24, 2.45) is 5.73 Å². The Bertz CT molecular complexity index is 256. The molecule has 1 aliphatic heterocycles. The molecule has 5 heteroatoms. The van der Waals surface area contributed by atoms with Crippen LogP contribution in [0.5, 0.6) is 0 Å². The second-order valence-corrected chi connectivity index (χ2v) is 4.80. The molecular weight excluding hydrogens is 206 g/mol. The molecule has 2 rings (SSSR count). The highest BCUT2D eigenvalue weighted by molar-refractivity contribution is 5.80. The van der Waals surface area contributed by atoms with Gasteiger partial charge < -0.3 is 15.8 Å². The first-order valence-electron chi connectivity index (χ1n) is 5.99. The van der Waals surface area contributed by atoms with Gasteiger partial charge in [0.1, 0.15) is 0 Å². The number of rotatable bonds is 6. The van der Waals surface area contributed by atoms with Gasteiger partial charge in [-0.25, -0.2) is 0 Å². The fraction of sp³-hybridized carbons (Fsp3) is 0.909. The second-order valence-electron chi connectivity index (χ2n) is 4.80. The molecule has 2 fully saturated rings. The summed E-state index contributed by atoms with van der Waals surface area (Å²) in [5.74, 6) is -0.243. The fourth-order valence-corrected chi connectivity index (χ4v) is 2.17. The maximum atomic E-state index is 11.3. The molecule has 2 unspecified atom stereocenters. The van der Waals surface area contributed by atoms with Gasteiger partial charge in [-0.05, 0) is 19.3 Å². The van der Waals surface area contributed by atoms with Crippen molar-refractivity contribution in [2.75, 3.05) is 26.7 Å². The number of carbonyl (C=O) groups is 1. The third-order valence-corrected chi connectivity index (χ3v) is 3.36. The second kappa shape index (κ2) is 5.12. The SMILES string of the molecule is COC1CCN(CC(NC2CC2)C(N)=O)C1. The number of primary amides is 1. The number of nitrogens with two attached hydrogens (primary N) is 1. The molecule has 1 saturated carbocycles. The number of nitrogens with zero attached hydrogens (tertiary/aromatic N) is 1. The minimum absolute atomic E-state index is 0.205. The van der Waals surface area contributed by atoms with Crippen LogP contribution in [0.4, 0.5) is 0 Å². The lowest BCUT2D eigenvalue weighted by Crippen LogP contribution is -2.49. The van der Waals surface area contributed by atoms with Crippen LogP contribution >= 0.6 is 0 Å². The third-order valence-electron chi connectivity index (χ3n) is 3.36. The molecule has 5 nitrogen and oxygen atoms in total. The molecular formula is C11H21N3O2. The molecule has 1 saturated heterocycles. The molecule has 1 heterocycles. The van der Waals surface area contributed by atoms with Gasteiger partial charge in [0, 0.05) is 32.8 Å². The zero-order valence-electron chi connectivity index (χ0n) is 9.82. The van der Waals surface area contributed by atoms with Gasteiger partial charge in [-0.3, -0.25) is 9.69 Å². The molecule has 3 N–H and O–H groups in total. The molecule has 0 aromatic heterocycles. The summed E-state index contributed by atoms with van der Waals surface area (Å²) < 4.78 is 5.30. The van der Waals surface area contributed by atoms with Gasteiger partial charge in [0.05, 0.1) is 12.1 Å². The van der Waals surface area contributed by atoms with Crippen LogP contribution in [0.1, 0.15) is 19.3 Å². The Morgan fingerprint density at radius 3 is 2.81 bits per heavy atom. The number of methoxy groups -OCH3 is 1. The molecule has 0 spiro atoms. The van der Waals surface area contributed by atoms with Crippen molar-refractivity contribution in [1.82, 2.24) is 10.2 Å². The molecule has 0 radical (unpaired) electrons. The average Bonchev–Trinajstić information content (AvgIpc) is 2.95. The van der Waals surface area contributed by atoms with E-state index in [1.54, 1.807) is 7.11 Å². The van der Waals surface area contributed by atoms with Crippen molar-refractivity contribution in [2.45, 2.75) is 37.5 Å². The standard InChI is InChI=1S/C11H21N3O2/c1-16-9-4-5-14(6-9)7-10(11(12)15)13-8-2-3-8/h8-10,13H,2-7H2,1H3,(H2,12,15). The van der Waals surface area contributed by atoms with E-state index < -0.39 is 0 Å². The van der Waals surface area contributed by atoms with Crippen molar-refractivity contribution in [3.63, 3.8) is 0 Å². The number of hydrogen-bond donors (Lipinski definition) is 2. The van der Waals surface area contributed by atoms with Crippen LogP contribution in [0.15, 0.2) is 0 Å². The Balaban J connectivity index is 1.78. The predicted molar refractivity (Wildman–Crippen MR) is 61.0 cm³/mol. The number of nitrogens with one attached hydrogen (secondary N) is 1. The molecule has 2 atom stereocenters. The largest absolute Gasteiger partial charge is 0.380 e. The van der Waals surface area contributed by atoms with E-state index in [0.29, 0.717) is 18.7 Å². The molecule has 0 bridgehead atoms. The maximum Gasteiger partial charge on any atom is 0.235 e. The zero-order chi connectivity index (χ0) is 11.5. The number of carbonyl (C=O) groups excluding carboxylic acids is 1. The molecule has 0 aromatic carbocycles. The zero-order valence-corrected chi connectivity index (χ0v) is 9.82. The van der Waals surface area contributed by atoms with Crippen molar-refractivity contribution in [3.8, 4) is 0 Å². The van der Waals surface area contributed by atoms with Crippen LogP contribution in [0.3, 0.4) is 0 Å². The van der Waals surface area contributed by atoms with E-state index in [1.165, 1.54) is 12.8 Å². The minimum Gasteiger partial charge on any atom is -0.380 e. The first-order valence-corrected chi connectivity index (χ1v) is 5.99. The Hall–Kier alpha value is -0.650. The number of hydrogen-bond acceptors (Lipinski definition) is 4. The summed E-state index contributed by atoms with van der Waals surface area (Å²) in [6, 6.07) is 0.307. The molecule has 1 aliphatic carbocycles. The van der Waals surface area contributed by atoms with Crippen molar-refractivity contribution in [3.05, 3.63) is 0 Å². The Morgan fingerprint density at radius 1 is 1.56 bits per heavy atom. The van der Waals surface area contributed by atoms with Crippen molar-refractivity contribution >= 4 is 5.91 Å². The summed E-state index contributed by atoms with van der Waals surface area (Å²) in [5, 5.41) is 3.29. The van der Waals surface area contributed by atoms with Gasteiger partial charge in [0.2, 0.25) is 5.91 Å².